The van der Waals surface area contributed by atoms with Crippen LogP contribution in [0, 0.1) is 0 Å². The van der Waals surface area contributed by atoms with Gasteiger partial charge in [0.1, 0.15) is 18.2 Å². The fraction of sp³-hybridized carbons (Fsp3) is 0.400. The highest BCUT2D eigenvalue weighted by Crippen LogP contribution is 2.33. The Kier molecular flexibility index (Phi) is 8.46. The van der Waals surface area contributed by atoms with Crippen LogP contribution in [0.1, 0.15) is 53.5 Å². The molecule has 3 heterocycles. The molecule has 1 aromatic carbocycles. The number of hydrogen-bond donors (Lipinski definition) is 2. The number of thiophene rings is 1. The number of aromatic nitrogens is 1. The van der Waals surface area contributed by atoms with Gasteiger partial charge in [-0.05, 0) is 63.5 Å². The van der Waals surface area contributed by atoms with Crippen molar-refractivity contribution in [2.45, 2.75) is 39.8 Å². The summed E-state index contributed by atoms with van der Waals surface area (Å²) in [6, 6.07) is 7.33. The van der Waals surface area contributed by atoms with Crippen LogP contribution in [0.4, 0.5) is 5.82 Å². The van der Waals surface area contributed by atoms with Crippen molar-refractivity contribution in [1.82, 2.24) is 15.2 Å². The van der Waals surface area contributed by atoms with E-state index in [4.69, 9.17) is 15.2 Å². The summed E-state index contributed by atoms with van der Waals surface area (Å²) in [4.78, 5) is 31.4. The summed E-state index contributed by atoms with van der Waals surface area (Å²) >= 11 is 1.40. The molecule has 34 heavy (non-hydrogen) atoms. The number of pyridine rings is 1. The second kappa shape index (κ2) is 11.3. The van der Waals surface area contributed by atoms with Crippen molar-refractivity contribution in [2.24, 2.45) is 0 Å². The Bertz CT molecular complexity index is 1160. The van der Waals surface area contributed by atoms with Crippen LogP contribution in [0.2, 0.25) is 0 Å². The Morgan fingerprint density at radius 1 is 1.29 bits per heavy atom. The molecule has 0 radical (unpaired) electrons. The molecule has 8 nitrogen and oxygen atoms in total. The standard InChI is InChI=1S/C24H28N4O4S.CH4/c1-3-31-24(30)19-12-26-22(25)20-16(14-33-21(19)20)13-32-18-6-4-5-15(11-18)23(29)27-17-7-9-28(2)10-8-17;/h4-6,11-12,14,17H,3,7-10,13H2,1-2H3,(H2,25,26)(H,27,29);1H4. The summed E-state index contributed by atoms with van der Waals surface area (Å²) in [5.74, 6) is 0.402. The lowest BCUT2D eigenvalue weighted by atomic mass is 10.0. The van der Waals surface area contributed by atoms with Gasteiger partial charge in [-0.3, -0.25) is 4.79 Å². The van der Waals surface area contributed by atoms with Crippen molar-refractivity contribution in [2.75, 3.05) is 32.5 Å². The van der Waals surface area contributed by atoms with E-state index < -0.39 is 5.97 Å². The van der Waals surface area contributed by atoms with Crippen molar-refractivity contribution in [3.05, 3.63) is 52.5 Å². The minimum Gasteiger partial charge on any atom is -0.489 e. The highest BCUT2D eigenvalue weighted by Gasteiger charge is 2.20. The van der Waals surface area contributed by atoms with Gasteiger partial charge in [-0.25, -0.2) is 9.78 Å². The molecule has 1 fully saturated rings. The number of nitrogens with one attached hydrogen (secondary N) is 1. The maximum absolute atomic E-state index is 12.7. The molecule has 0 unspecified atom stereocenters. The Morgan fingerprint density at radius 2 is 2.06 bits per heavy atom. The van der Waals surface area contributed by atoms with Crippen molar-refractivity contribution in [3.63, 3.8) is 0 Å². The first-order valence-corrected chi connectivity index (χ1v) is 11.9. The molecule has 1 aliphatic rings. The molecule has 3 N–H and O–H groups in total. The fourth-order valence-corrected chi connectivity index (χ4v) is 4.96. The maximum Gasteiger partial charge on any atom is 0.341 e. The number of fused-ring (bicyclic) bond motifs is 1. The van der Waals surface area contributed by atoms with Gasteiger partial charge in [0.2, 0.25) is 0 Å². The molecular formula is C25H32N4O4S. The van der Waals surface area contributed by atoms with E-state index in [2.05, 4.69) is 22.2 Å². The maximum atomic E-state index is 12.7. The zero-order valence-corrected chi connectivity index (χ0v) is 19.6. The number of piperidine rings is 1. The number of ether oxygens (including phenoxy) is 2. The van der Waals surface area contributed by atoms with Crippen molar-refractivity contribution >= 4 is 39.1 Å². The molecule has 3 aromatic rings. The molecule has 0 bridgehead atoms. The third-order valence-corrected chi connectivity index (χ3v) is 6.80. The number of esters is 1. The molecule has 2 aromatic heterocycles. The lowest BCUT2D eigenvalue weighted by molar-refractivity contribution is 0.0528. The Morgan fingerprint density at radius 3 is 2.79 bits per heavy atom. The van der Waals surface area contributed by atoms with Crippen LogP contribution >= 0.6 is 11.3 Å². The van der Waals surface area contributed by atoms with Gasteiger partial charge in [0.05, 0.1) is 16.9 Å². The molecule has 0 aliphatic carbocycles. The first-order chi connectivity index (χ1) is 16.0. The molecule has 1 amide bonds. The second-order valence-corrected chi connectivity index (χ2v) is 8.99. The Labute approximate surface area is 204 Å². The molecule has 9 heteroatoms. The zero-order chi connectivity index (χ0) is 23.4. The van der Waals surface area contributed by atoms with E-state index in [9.17, 15) is 9.59 Å². The third kappa shape index (κ3) is 5.66. The van der Waals surface area contributed by atoms with Crippen LogP contribution in [0.5, 0.6) is 5.75 Å². The summed E-state index contributed by atoms with van der Waals surface area (Å²) < 4.78 is 11.8. The molecule has 0 spiro atoms. The molecular weight excluding hydrogens is 452 g/mol. The van der Waals surface area contributed by atoms with E-state index >= 15 is 0 Å². The average molecular weight is 485 g/mol. The average Bonchev–Trinajstić information content (AvgIpc) is 3.24. The largest absolute Gasteiger partial charge is 0.489 e. The van der Waals surface area contributed by atoms with Crippen molar-refractivity contribution < 1.29 is 19.1 Å². The number of amides is 1. The number of rotatable bonds is 7. The number of nitrogens with zero attached hydrogens (tertiary/aromatic N) is 2. The minimum absolute atomic E-state index is 0. The number of nitrogen functional groups attached to an aromatic ring is 1. The molecule has 1 aliphatic heterocycles. The fourth-order valence-electron chi connectivity index (χ4n) is 3.90. The number of nitrogens with two attached hydrogens (primary N) is 1. The predicted octanol–water partition coefficient (Wildman–Crippen LogP) is 4.09. The number of hydrogen-bond acceptors (Lipinski definition) is 8. The van der Waals surface area contributed by atoms with Crippen LogP contribution < -0.4 is 15.8 Å². The van der Waals surface area contributed by atoms with E-state index in [1.54, 1.807) is 25.1 Å². The van der Waals surface area contributed by atoms with E-state index in [1.165, 1.54) is 17.5 Å². The van der Waals surface area contributed by atoms with Gasteiger partial charge in [0.25, 0.3) is 5.91 Å². The third-order valence-electron chi connectivity index (χ3n) is 5.74. The van der Waals surface area contributed by atoms with E-state index in [0.29, 0.717) is 28.1 Å². The van der Waals surface area contributed by atoms with Crippen LogP contribution in [-0.2, 0) is 11.3 Å². The summed E-state index contributed by atoms with van der Waals surface area (Å²) in [5.41, 5.74) is 7.89. The van der Waals surface area contributed by atoms with Gasteiger partial charge in [-0.1, -0.05) is 13.5 Å². The molecule has 1 saturated heterocycles. The van der Waals surface area contributed by atoms with E-state index in [0.717, 1.165) is 36.2 Å². The quantitative estimate of drug-likeness (QED) is 0.486. The van der Waals surface area contributed by atoms with Gasteiger partial charge in [0.15, 0.2) is 0 Å². The molecule has 0 saturated carbocycles. The van der Waals surface area contributed by atoms with Gasteiger partial charge < -0.3 is 25.4 Å². The summed E-state index contributed by atoms with van der Waals surface area (Å²) in [5, 5.41) is 5.72. The zero-order valence-electron chi connectivity index (χ0n) is 18.8. The minimum atomic E-state index is -0.423. The van der Waals surface area contributed by atoms with E-state index in [-0.39, 0.29) is 32.6 Å². The topological polar surface area (TPSA) is 107 Å². The van der Waals surface area contributed by atoms with Crippen LogP contribution in [0.25, 0.3) is 10.1 Å². The Balaban J connectivity index is 0.00000324. The van der Waals surface area contributed by atoms with Crippen LogP contribution in [-0.4, -0.2) is 54.5 Å². The first kappa shape index (κ1) is 25.5. The van der Waals surface area contributed by atoms with Gasteiger partial charge in [-0.2, -0.15) is 0 Å². The Hall–Kier alpha value is -3.17. The highest BCUT2D eigenvalue weighted by atomic mass is 32.1. The second-order valence-electron chi connectivity index (χ2n) is 8.11. The first-order valence-electron chi connectivity index (χ1n) is 11.0. The van der Waals surface area contributed by atoms with Gasteiger partial charge in [-0.15, -0.1) is 11.3 Å². The van der Waals surface area contributed by atoms with Crippen LogP contribution in [0.15, 0.2) is 35.8 Å². The van der Waals surface area contributed by atoms with Crippen molar-refractivity contribution in [1.29, 1.82) is 0 Å². The number of carbonyl (C=O) groups is 2. The normalized spacial score (nSPS) is 14.4. The summed E-state index contributed by atoms with van der Waals surface area (Å²) in [6.45, 7) is 4.25. The SMILES string of the molecule is C.CCOC(=O)c1cnc(N)c2c(COc3cccc(C(=O)NC4CCN(C)CC4)c3)csc12. The number of carbonyl (C=O) groups excluding carboxylic acids is 2. The van der Waals surface area contributed by atoms with Gasteiger partial charge >= 0.3 is 5.97 Å². The highest BCUT2D eigenvalue weighted by molar-refractivity contribution is 7.17. The summed E-state index contributed by atoms with van der Waals surface area (Å²) in [7, 11) is 2.09. The summed E-state index contributed by atoms with van der Waals surface area (Å²) in [6.07, 6.45) is 3.35. The predicted molar refractivity (Wildman–Crippen MR) is 135 cm³/mol. The molecule has 0 atom stereocenters. The monoisotopic (exact) mass is 484 g/mol. The number of anilines is 1. The number of benzene rings is 1. The lowest BCUT2D eigenvalue weighted by Gasteiger charge is -2.29. The van der Waals surface area contributed by atoms with E-state index in [1.807, 2.05) is 11.4 Å². The van der Waals surface area contributed by atoms with Gasteiger partial charge in [0, 0.05) is 28.8 Å². The number of likely N-dealkylation sites (tertiary alicyclic amines) is 1. The molecule has 182 valence electrons. The lowest BCUT2D eigenvalue weighted by Crippen LogP contribution is -2.43. The molecule has 4 rings (SSSR count). The smallest absolute Gasteiger partial charge is 0.341 e. The van der Waals surface area contributed by atoms with Crippen molar-refractivity contribution in [3.8, 4) is 5.75 Å². The van der Waals surface area contributed by atoms with Crippen LogP contribution in [0.3, 0.4) is 0 Å².